The zero-order valence-electron chi connectivity index (χ0n) is 11.9. The van der Waals surface area contributed by atoms with E-state index in [1.54, 1.807) is 0 Å². The summed E-state index contributed by atoms with van der Waals surface area (Å²) in [7, 11) is -3.08. The first-order valence-electron chi connectivity index (χ1n) is 7.26. The first-order chi connectivity index (χ1) is 8.89. The molecule has 6 heteroatoms. The minimum absolute atomic E-state index is 0.0843. The van der Waals surface area contributed by atoms with E-state index in [4.69, 9.17) is 0 Å². The molecule has 2 fully saturated rings. The third-order valence-corrected chi connectivity index (χ3v) is 5.93. The lowest BCUT2D eigenvalue weighted by molar-refractivity contribution is 0.0537. The molecule has 0 bridgehead atoms. The number of nitrogens with zero attached hydrogens (tertiary/aromatic N) is 1. The zero-order chi connectivity index (χ0) is 14.0. The highest BCUT2D eigenvalue weighted by atomic mass is 32.2. The fourth-order valence-electron chi connectivity index (χ4n) is 3.19. The minimum atomic E-state index is -3.08. The second-order valence-corrected chi connectivity index (χ2v) is 8.30. The first kappa shape index (κ1) is 15.2. The number of hydrogen-bond acceptors (Lipinski definition) is 5. The monoisotopic (exact) mass is 290 g/mol. The molecule has 3 atom stereocenters. The van der Waals surface area contributed by atoms with Gasteiger partial charge >= 0.3 is 0 Å². The van der Waals surface area contributed by atoms with Crippen LogP contribution in [-0.4, -0.2) is 67.2 Å². The van der Waals surface area contributed by atoms with E-state index in [1.807, 2.05) is 0 Å². The summed E-state index contributed by atoms with van der Waals surface area (Å²) >= 11 is 0. The Hall–Kier alpha value is -0.170. The molecular formula is C13H26N2O3S. The van der Waals surface area contributed by atoms with Crippen LogP contribution in [0.2, 0.25) is 0 Å². The molecule has 0 aromatic carbocycles. The Bertz CT molecular complexity index is 391. The Morgan fingerprint density at radius 3 is 2.53 bits per heavy atom. The maximum absolute atomic E-state index is 11.7. The number of aliphatic hydroxyl groups excluding tert-OH is 1. The zero-order valence-corrected chi connectivity index (χ0v) is 12.7. The topological polar surface area (TPSA) is 69.6 Å². The van der Waals surface area contributed by atoms with E-state index < -0.39 is 15.9 Å². The van der Waals surface area contributed by atoms with Gasteiger partial charge in [0.15, 0.2) is 9.84 Å². The fraction of sp³-hybridized carbons (Fsp3) is 1.00. The molecule has 5 nitrogen and oxygen atoms in total. The number of piperidine rings is 1. The largest absolute Gasteiger partial charge is 0.390 e. The Balaban J connectivity index is 2.03. The van der Waals surface area contributed by atoms with Crippen LogP contribution in [-0.2, 0) is 9.84 Å². The van der Waals surface area contributed by atoms with Crippen LogP contribution in [0.4, 0.5) is 0 Å². The molecule has 2 rings (SSSR count). The van der Waals surface area contributed by atoms with Crippen molar-refractivity contribution < 1.29 is 13.5 Å². The summed E-state index contributed by atoms with van der Waals surface area (Å²) in [6.45, 7) is 6.01. The molecule has 2 aliphatic rings. The van der Waals surface area contributed by atoms with Gasteiger partial charge in [-0.2, -0.15) is 0 Å². The number of nitrogens with one attached hydrogen (secondary N) is 1. The van der Waals surface area contributed by atoms with Gasteiger partial charge in [0.1, 0.15) is 0 Å². The molecule has 112 valence electrons. The van der Waals surface area contributed by atoms with E-state index in [0.29, 0.717) is 6.04 Å². The number of sulfone groups is 1. The molecular weight excluding hydrogens is 264 g/mol. The smallest absolute Gasteiger partial charge is 0.154 e. The lowest BCUT2D eigenvalue weighted by atomic mass is 10.0. The van der Waals surface area contributed by atoms with Gasteiger partial charge in [-0.25, -0.2) is 8.42 Å². The van der Waals surface area contributed by atoms with Crippen LogP contribution in [0.1, 0.15) is 33.1 Å². The van der Waals surface area contributed by atoms with Crippen LogP contribution in [0.25, 0.3) is 0 Å². The van der Waals surface area contributed by atoms with Crippen LogP contribution in [0.3, 0.4) is 0 Å². The standard InChI is InChI=1S/C13H26N2O3S/c1-10(2)15(7-11-5-3-4-6-14-11)12-8-19(17,18)9-13(12)16/h10-14,16H,3-9H2,1-2H3. The highest BCUT2D eigenvalue weighted by Crippen LogP contribution is 2.22. The van der Waals surface area contributed by atoms with Gasteiger partial charge in [0.2, 0.25) is 0 Å². The molecule has 0 aromatic rings. The Labute approximate surface area is 116 Å². The van der Waals surface area contributed by atoms with Crippen molar-refractivity contribution in [1.82, 2.24) is 10.2 Å². The highest BCUT2D eigenvalue weighted by Gasteiger charge is 2.41. The Morgan fingerprint density at radius 2 is 2.05 bits per heavy atom. The van der Waals surface area contributed by atoms with Gasteiger partial charge in [0, 0.05) is 18.6 Å². The summed E-state index contributed by atoms with van der Waals surface area (Å²) in [5.74, 6) is 0.0120. The van der Waals surface area contributed by atoms with Gasteiger partial charge in [-0.05, 0) is 33.2 Å². The number of hydrogen-bond donors (Lipinski definition) is 2. The summed E-state index contributed by atoms with van der Waals surface area (Å²) in [4.78, 5) is 2.16. The second kappa shape index (κ2) is 6.08. The average Bonchev–Trinajstić information content (AvgIpc) is 2.60. The summed E-state index contributed by atoms with van der Waals surface area (Å²) in [5, 5.41) is 13.5. The van der Waals surface area contributed by atoms with Crippen molar-refractivity contribution in [2.75, 3.05) is 24.6 Å². The van der Waals surface area contributed by atoms with Crippen LogP contribution in [0.5, 0.6) is 0 Å². The van der Waals surface area contributed by atoms with Crippen molar-refractivity contribution >= 4 is 9.84 Å². The minimum Gasteiger partial charge on any atom is -0.390 e. The van der Waals surface area contributed by atoms with E-state index in [2.05, 4.69) is 24.1 Å². The fourth-order valence-corrected chi connectivity index (χ4v) is 5.00. The van der Waals surface area contributed by atoms with Gasteiger partial charge in [-0.3, -0.25) is 4.90 Å². The van der Waals surface area contributed by atoms with E-state index in [-0.39, 0.29) is 23.6 Å². The molecule has 2 saturated heterocycles. The molecule has 0 radical (unpaired) electrons. The Morgan fingerprint density at radius 1 is 1.32 bits per heavy atom. The molecule has 2 N–H and O–H groups in total. The number of rotatable bonds is 4. The highest BCUT2D eigenvalue weighted by molar-refractivity contribution is 7.91. The molecule has 19 heavy (non-hydrogen) atoms. The van der Waals surface area contributed by atoms with Crippen molar-refractivity contribution in [1.29, 1.82) is 0 Å². The van der Waals surface area contributed by atoms with Crippen molar-refractivity contribution in [3.8, 4) is 0 Å². The van der Waals surface area contributed by atoms with Crippen LogP contribution in [0.15, 0.2) is 0 Å². The van der Waals surface area contributed by atoms with Gasteiger partial charge in [0.05, 0.1) is 23.7 Å². The molecule has 0 saturated carbocycles. The SMILES string of the molecule is CC(C)N(CC1CCCCN1)C1CS(=O)(=O)CC1O. The molecule has 2 aliphatic heterocycles. The summed E-state index contributed by atoms with van der Waals surface area (Å²) in [6, 6.07) is 0.428. The van der Waals surface area contributed by atoms with Crippen molar-refractivity contribution in [3.05, 3.63) is 0 Å². The van der Waals surface area contributed by atoms with Crippen LogP contribution >= 0.6 is 0 Å². The quantitative estimate of drug-likeness (QED) is 0.762. The van der Waals surface area contributed by atoms with E-state index in [1.165, 1.54) is 12.8 Å². The van der Waals surface area contributed by atoms with Gasteiger partial charge in [0.25, 0.3) is 0 Å². The average molecular weight is 290 g/mol. The molecule has 0 amide bonds. The van der Waals surface area contributed by atoms with Crippen LogP contribution in [0, 0.1) is 0 Å². The molecule has 0 aliphatic carbocycles. The third kappa shape index (κ3) is 3.90. The lowest BCUT2D eigenvalue weighted by Crippen LogP contribution is -2.53. The summed E-state index contributed by atoms with van der Waals surface area (Å²) < 4.78 is 23.3. The van der Waals surface area contributed by atoms with Gasteiger partial charge < -0.3 is 10.4 Å². The van der Waals surface area contributed by atoms with Gasteiger partial charge in [-0.1, -0.05) is 6.42 Å². The predicted octanol–water partition coefficient (Wildman–Crippen LogP) is -0.00320. The van der Waals surface area contributed by atoms with E-state index >= 15 is 0 Å². The molecule has 0 spiro atoms. The van der Waals surface area contributed by atoms with E-state index in [0.717, 1.165) is 19.5 Å². The lowest BCUT2D eigenvalue weighted by Gasteiger charge is -2.37. The van der Waals surface area contributed by atoms with Gasteiger partial charge in [-0.15, -0.1) is 0 Å². The maximum Gasteiger partial charge on any atom is 0.154 e. The predicted molar refractivity (Wildman–Crippen MR) is 75.9 cm³/mol. The summed E-state index contributed by atoms with van der Waals surface area (Å²) in [6.07, 6.45) is 2.85. The summed E-state index contributed by atoms with van der Waals surface area (Å²) in [5.41, 5.74) is 0. The van der Waals surface area contributed by atoms with Crippen molar-refractivity contribution in [3.63, 3.8) is 0 Å². The number of aliphatic hydroxyl groups is 1. The third-order valence-electron chi connectivity index (χ3n) is 4.23. The molecule has 0 aromatic heterocycles. The second-order valence-electron chi connectivity index (χ2n) is 6.15. The molecule has 3 unspecified atom stereocenters. The van der Waals surface area contributed by atoms with Crippen molar-refractivity contribution in [2.45, 2.75) is 57.3 Å². The molecule has 2 heterocycles. The van der Waals surface area contributed by atoms with E-state index in [9.17, 15) is 13.5 Å². The van der Waals surface area contributed by atoms with Crippen LogP contribution < -0.4 is 5.32 Å². The Kier molecular flexibility index (Phi) is 4.87. The first-order valence-corrected chi connectivity index (χ1v) is 9.09. The van der Waals surface area contributed by atoms with Crippen molar-refractivity contribution in [2.24, 2.45) is 0 Å². The normalized spacial score (nSPS) is 35.1. The maximum atomic E-state index is 11.7.